The van der Waals surface area contributed by atoms with Gasteiger partial charge in [0.25, 0.3) is 0 Å². The molecule has 2 unspecified atom stereocenters. The van der Waals surface area contributed by atoms with Gasteiger partial charge in [0.2, 0.25) is 0 Å². The molecule has 4 atom stereocenters. The topological polar surface area (TPSA) is 158 Å². The number of esters is 3. The minimum Gasteiger partial charge on any atom is -0.463 e. The summed E-state index contributed by atoms with van der Waals surface area (Å²) in [7, 11) is 0. The maximum Gasteiger partial charge on any atom is 0.303 e. The highest BCUT2D eigenvalue weighted by Crippen LogP contribution is 2.40. The minimum atomic E-state index is -1.08. The van der Waals surface area contributed by atoms with Crippen molar-refractivity contribution >= 4 is 46.2 Å². The largest absolute Gasteiger partial charge is 0.463 e. The molecule has 0 aromatic carbocycles. The van der Waals surface area contributed by atoms with Gasteiger partial charge in [-0.05, 0) is 11.4 Å². The molecule has 1 saturated heterocycles. The van der Waals surface area contributed by atoms with E-state index < -0.39 is 42.4 Å². The summed E-state index contributed by atoms with van der Waals surface area (Å²) in [4.78, 5) is 48.9. The molecule has 33 heavy (non-hydrogen) atoms. The van der Waals surface area contributed by atoms with E-state index >= 15 is 0 Å². The van der Waals surface area contributed by atoms with Crippen molar-refractivity contribution in [1.29, 1.82) is 0 Å². The van der Waals surface area contributed by atoms with Crippen LogP contribution in [0.5, 0.6) is 0 Å². The number of thiophene rings is 1. The van der Waals surface area contributed by atoms with Gasteiger partial charge in [-0.1, -0.05) is 6.07 Å². The molecule has 0 bridgehead atoms. The zero-order valence-electron chi connectivity index (χ0n) is 18.0. The number of carbonyl (C=O) groups excluding carboxylic acids is 3. The van der Waals surface area contributed by atoms with Crippen LogP contribution in [0.4, 0.5) is 5.82 Å². The maximum absolute atomic E-state index is 12.0. The highest BCUT2D eigenvalue weighted by molar-refractivity contribution is 7.13. The molecule has 174 valence electrons. The molecule has 1 aliphatic rings. The number of anilines is 1. The number of imidazole rings is 1. The maximum atomic E-state index is 12.0. The first-order valence-corrected chi connectivity index (χ1v) is 10.8. The first kappa shape index (κ1) is 22.6. The first-order valence-electron chi connectivity index (χ1n) is 9.91. The molecule has 13 heteroatoms. The summed E-state index contributed by atoms with van der Waals surface area (Å²) in [6, 6.07) is 3.70. The molecule has 0 spiro atoms. The summed E-state index contributed by atoms with van der Waals surface area (Å²) in [5, 5.41) is 1.87. The summed E-state index contributed by atoms with van der Waals surface area (Å²) in [6.07, 6.45) is -2.79. The Morgan fingerprint density at radius 2 is 1.85 bits per heavy atom. The molecule has 0 aliphatic carbocycles. The van der Waals surface area contributed by atoms with E-state index in [0.717, 1.165) is 4.88 Å². The van der Waals surface area contributed by atoms with E-state index in [9.17, 15) is 14.4 Å². The predicted octanol–water partition coefficient (Wildman–Crippen LogP) is 1.46. The molecule has 1 aliphatic heterocycles. The van der Waals surface area contributed by atoms with Gasteiger partial charge in [0.05, 0.1) is 4.88 Å². The molecular weight excluding hydrogens is 454 g/mol. The standard InChI is InChI=1S/C20H21N5O7S/c1-9(26)29-7-12-15(30-10(2)27)16(31-11(3)28)20(32-12)25-18(13-5-4-6-33-13)24-14-17(21)22-8-23-19(14)25/h4-6,8,12,15-16,20H,7H2,1-3H3,(H2,21,22,23)/t12-,15?,16?,20-/m1/s1. The Kier molecular flexibility index (Phi) is 6.24. The number of ether oxygens (including phenoxy) is 4. The molecule has 0 radical (unpaired) electrons. The lowest BCUT2D eigenvalue weighted by molar-refractivity contribution is -0.166. The minimum absolute atomic E-state index is 0.159. The molecule has 2 N–H and O–H groups in total. The van der Waals surface area contributed by atoms with Crippen LogP contribution in [0.15, 0.2) is 23.8 Å². The van der Waals surface area contributed by atoms with Crippen molar-refractivity contribution in [3.63, 3.8) is 0 Å². The number of nitrogens with two attached hydrogens (primary N) is 1. The number of nitrogen functional groups attached to an aromatic ring is 1. The van der Waals surface area contributed by atoms with Gasteiger partial charge in [-0.3, -0.25) is 19.0 Å². The van der Waals surface area contributed by atoms with E-state index in [2.05, 4.69) is 15.0 Å². The first-order chi connectivity index (χ1) is 15.8. The van der Waals surface area contributed by atoms with Gasteiger partial charge >= 0.3 is 17.9 Å². The number of hydrogen-bond donors (Lipinski definition) is 1. The fourth-order valence-electron chi connectivity index (χ4n) is 3.65. The van der Waals surface area contributed by atoms with Gasteiger partial charge in [0.15, 0.2) is 41.2 Å². The SMILES string of the molecule is CC(=O)OC[C@H]1O[C@@H](n2c(-c3cccs3)nc3c(N)ncnc32)C(OC(C)=O)C1OC(C)=O. The lowest BCUT2D eigenvalue weighted by Gasteiger charge is -2.24. The Labute approximate surface area is 191 Å². The molecule has 3 aromatic rings. The van der Waals surface area contributed by atoms with Crippen molar-refractivity contribution in [2.75, 3.05) is 12.3 Å². The second kappa shape index (κ2) is 9.11. The fraction of sp³-hybridized carbons (Fsp3) is 0.400. The number of fused-ring (bicyclic) bond motifs is 1. The van der Waals surface area contributed by atoms with Crippen LogP contribution in [-0.4, -0.2) is 62.3 Å². The quantitative estimate of drug-likeness (QED) is 0.406. The fourth-order valence-corrected chi connectivity index (χ4v) is 4.36. The van der Waals surface area contributed by atoms with E-state index in [1.54, 1.807) is 4.57 Å². The molecule has 4 heterocycles. The van der Waals surface area contributed by atoms with Crippen LogP contribution in [0.25, 0.3) is 21.9 Å². The summed E-state index contributed by atoms with van der Waals surface area (Å²) in [6.45, 7) is 3.47. The Hall–Kier alpha value is -3.58. The average molecular weight is 475 g/mol. The zero-order chi connectivity index (χ0) is 23.7. The Morgan fingerprint density at radius 1 is 1.12 bits per heavy atom. The second-order valence-corrected chi connectivity index (χ2v) is 8.18. The van der Waals surface area contributed by atoms with Crippen molar-refractivity contribution in [2.24, 2.45) is 0 Å². The number of carbonyl (C=O) groups is 3. The number of rotatable bonds is 6. The third-order valence-electron chi connectivity index (χ3n) is 4.84. The van der Waals surface area contributed by atoms with Crippen LogP contribution in [0.1, 0.15) is 27.0 Å². The molecule has 1 fully saturated rings. The molecular formula is C20H21N5O7S. The lowest BCUT2D eigenvalue weighted by Crippen LogP contribution is -2.40. The van der Waals surface area contributed by atoms with Gasteiger partial charge in [-0.2, -0.15) is 0 Å². The number of hydrogen-bond acceptors (Lipinski definition) is 12. The third-order valence-corrected chi connectivity index (χ3v) is 5.71. The smallest absolute Gasteiger partial charge is 0.303 e. The summed E-state index contributed by atoms with van der Waals surface area (Å²) >= 11 is 1.42. The summed E-state index contributed by atoms with van der Waals surface area (Å²) in [5.74, 6) is -1.17. The third kappa shape index (κ3) is 4.50. The van der Waals surface area contributed by atoms with Crippen LogP contribution in [0, 0.1) is 0 Å². The summed E-state index contributed by atoms with van der Waals surface area (Å²) < 4.78 is 23.9. The highest BCUT2D eigenvalue weighted by atomic mass is 32.1. The number of nitrogens with zero attached hydrogens (tertiary/aromatic N) is 4. The van der Waals surface area contributed by atoms with E-state index in [4.69, 9.17) is 24.7 Å². The van der Waals surface area contributed by atoms with Crippen molar-refractivity contribution in [1.82, 2.24) is 19.5 Å². The van der Waals surface area contributed by atoms with Crippen molar-refractivity contribution in [3.8, 4) is 10.7 Å². The molecule has 12 nitrogen and oxygen atoms in total. The zero-order valence-corrected chi connectivity index (χ0v) is 18.8. The van der Waals surface area contributed by atoms with Crippen molar-refractivity contribution in [2.45, 2.75) is 45.3 Å². The van der Waals surface area contributed by atoms with Gasteiger partial charge in [-0.15, -0.1) is 11.3 Å². The second-order valence-electron chi connectivity index (χ2n) is 7.23. The van der Waals surface area contributed by atoms with Crippen LogP contribution in [0.3, 0.4) is 0 Å². The van der Waals surface area contributed by atoms with Gasteiger partial charge in [-0.25, -0.2) is 15.0 Å². The van der Waals surface area contributed by atoms with E-state index in [1.807, 2.05) is 17.5 Å². The van der Waals surface area contributed by atoms with Crippen molar-refractivity contribution in [3.05, 3.63) is 23.8 Å². The summed E-state index contributed by atoms with van der Waals surface area (Å²) in [5.41, 5.74) is 6.70. The van der Waals surface area contributed by atoms with Gasteiger partial charge in [0, 0.05) is 20.8 Å². The average Bonchev–Trinajstić information content (AvgIpc) is 3.45. The molecule has 0 saturated carbocycles. The Balaban J connectivity index is 1.87. The van der Waals surface area contributed by atoms with Gasteiger partial charge in [0.1, 0.15) is 19.0 Å². The highest BCUT2D eigenvalue weighted by Gasteiger charge is 2.51. The van der Waals surface area contributed by atoms with Crippen LogP contribution < -0.4 is 5.73 Å². The molecule has 4 rings (SSSR count). The van der Waals surface area contributed by atoms with E-state index in [1.165, 1.54) is 38.4 Å². The Bertz CT molecular complexity index is 1200. The number of aromatic nitrogens is 4. The van der Waals surface area contributed by atoms with Gasteiger partial charge < -0.3 is 24.7 Å². The van der Waals surface area contributed by atoms with Crippen LogP contribution in [0.2, 0.25) is 0 Å². The normalized spacial score (nSPS) is 22.3. The van der Waals surface area contributed by atoms with E-state index in [0.29, 0.717) is 17.0 Å². The monoisotopic (exact) mass is 475 g/mol. The van der Waals surface area contributed by atoms with Crippen molar-refractivity contribution < 1.29 is 33.3 Å². The Morgan fingerprint density at radius 3 is 2.48 bits per heavy atom. The lowest BCUT2D eigenvalue weighted by atomic mass is 10.1. The van der Waals surface area contributed by atoms with E-state index in [-0.39, 0.29) is 12.4 Å². The molecule has 0 amide bonds. The van der Waals surface area contributed by atoms with Crippen LogP contribution >= 0.6 is 11.3 Å². The molecule has 3 aromatic heterocycles. The predicted molar refractivity (Wildman–Crippen MR) is 115 cm³/mol. The van der Waals surface area contributed by atoms with Crippen LogP contribution in [-0.2, 0) is 33.3 Å².